The molecule has 4 atom stereocenters. The third kappa shape index (κ3) is 3.71. The molecule has 2 heteroatoms. The molecule has 18 heavy (non-hydrogen) atoms. The molecule has 0 aliphatic heterocycles. The maximum absolute atomic E-state index is 10.2. The van der Waals surface area contributed by atoms with Crippen LogP contribution in [0.2, 0.25) is 0 Å². The van der Waals surface area contributed by atoms with Crippen molar-refractivity contribution in [3.8, 4) is 0 Å². The van der Waals surface area contributed by atoms with Crippen LogP contribution in [0.25, 0.3) is 0 Å². The van der Waals surface area contributed by atoms with E-state index < -0.39 is 0 Å². The predicted octanol–water partition coefficient (Wildman–Crippen LogP) is 3.97. The summed E-state index contributed by atoms with van der Waals surface area (Å²) in [4.78, 5) is 0. The molecule has 0 heterocycles. The summed E-state index contributed by atoms with van der Waals surface area (Å²) in [5, 5.41) is 10.2. The van der Waals surface area contributed by atoms with Gasteiger partial charge in [0.1, 0.15) is 12.6 Å². The maximum Gasteiger partial charge on any atom is 0.106 e. The second-order valence-electron chi connectivity index (χ2n) is 6.01. The minimum Gasteiger partial charge on any atom is -0.387 e. The Morgan fingerprint density at radius 1 is 0.722 bits per heavy atom. The van der Waals surface area contributed by atoms with E-state index in [9.17, 15) is 5.11 Å². The van der Waals surface area contributed by atoms with E-state index in [0.717, 1.165) is 17.4 Å². The third-order valence-corrected chi connectivity index (χ3v) is 5.23. The van der Waals surface area contributed by atoms with Gasteiger partial charge in [-0.2, -0.15) is 0 Å². The van der Waals surface area contributed by atoms with Crippen molar-refractivity contribution in [2.75, 3.05) is 6.54 Å². The molecule has 110 valence electrons. The smallest absolute Gasteiger partial charge is 0.106 e. The number of quaternary nitrogens is 1. The van der Waals surface area contributed by atoms with Gasteiger partial charge in [0, 0.05) is 0 Å². The van der Waals surface area contributed by atoms with Crippen LogP contribution in [0.4, 0.5) is 0 Å². The van der Waals surface area contributed by atoms with Crippen molar-refractivity contribution in [3.05, 3.63) is 0 Å². The highest BCUT2D eigenvalue weighted by Gasteiger charge is 2.42. The molecule has 4 unspecified atom stereocenters. The number of aliphatic hydroxyl groups is 1. The maximum atomic E-state index is 10.2. The SMILES string of the molecule is CCC(O)C[N+](C(C)CC)(C(C)CC)C(C)CC. The zero-order valence-corrected chi connectivity index (χ0v) is 13.7. The number of hydrogen-bond acceptors (Lipinski definition) is 1. The molecule has 0 aromatic carbocycles. The van der Waals surface area contributed by atoms with Crippen LogP contribution in [0.3, 0.4) is 0 Å². The van der Waals surface area contributed by atoms with Gasteiger partial charge in [0.2, 0.25) is 0 Å². The van der Waals surface area contributed by atoms with Crippen LogP contribution in [-0.4, -0.2) is 40.4 Å². The zero-order valence-electron chi connectivity index (χ0n) is 13.7. The Hall–Kier alpha value is -0.0800. The van der Waals surface area contributed by atoms with Gasteiger partial charge in [-0.3, -0.25) is 0 Å². The zero-order chi connectivity index (χ0) is 14.3. The van der Waals surface area contributed by atoms with Gasteiger partial charge in [-0.1, -0.05) is 27.7 Å². The lowest BCUT2D eigenvalue weighted by Crippen LogP contribution is -2.66. The van der Waals surface area contributed by atoms with E-state index in [-0.39, 0.29) is 6.10 Å². The predicted molar refractivity (Wildman–Crippen MR) is 80.7 cm³/mol. The van der Waals surface area contributed by atoms with Crippen LogP contribution < -0.4 is 0 Å². The van der Waals surface area contributed by atoms with Crippen LogP contribution in [0.1, 0.15) is 74.1 Å². The Morgan fingerprint density at radius 2 is 1.06 bits per heavy atom. The monoisotopic (exact) mass is 258 g/mol. The lowest BCUT2D eigenvalue weighted by Gasteiger charge is -2.53. The molecule has 0 bridgehead atoms. The van der Waals surface area contributed by atoms with Crippen LogP contribution >= 0.6 is 0 Å². The second-order valence-corrected chi connectivity index (χ2v) is 6.01. The average Bonchev–Trinajstić information content (AvgIpc) is 2.41. The van der Waals surface area contributed by atoms with Gasteiger partial charge in [0.05, 0.1) is 18.1 Å². The number of rotatable bonds is 9. The molecule has 0 fully saturated rings. The van der Waals surface area contributed by atoms with Gasteiger partial charge in [0.15, 0.2) is 0 Å². The van der Waals surface area contributed by atoms with Crippen LogP contribution in [0.15, 0.2) is 0 Å². The Kier molecular flexibility index (Phi) is 8.13. The first-order chi connectivity index (χ1) is 8.40. The highest BCUT2D eigenvalue weighted by molar-refractivity contribution is 4.68. The van der Waals surface area contributed by atoms with Crippen LogP contribution in [-0.2, 0) is 0 Å². The van der Waals surface area contributed by atoms with E-state index in [1.54, 1.807) is 0 Å². The van der Waals surface area contributed by atoms with Crippen molar-refractivity contribution in [2.45, 2.75) is 98.4 Å². The fourth-order valence-corrected chi connectivity index (χ4v) is 3.36. The molecular weight excluding hydrogens is 222 g/mol. The summed E-state index contributed by atoms with van der Waals surface area (Å²) in [5.41, 5.74) is 0. The van der Waals surface area contributed by atoms with Gasteiger partial charge < -0.3 is 9.59 Å². The summed E-state index contributed by atoms with van der Waals surface area (Å²) >= 11 is 0. The van der Waals surface area contributed by atoms with Crippen LogP contribution in [0.5, 0.6) is 0 Å². The van der Waals surface area contributed by atoms with E-state index in [0.29, 0.717) is 18.1 Å². The highest BCUT2D eigenvalue weighted by atomic mass is 16.3. The lowest BCUT2D eigenvalue weighted by molar-refractivity contribution is -0.992. The first-order valence-corrected chi connectivity index (χ1v) is 7.95. The molecule has 0 radical (unpaired) electrons. The van der Waals surface area contributed by atoms with E-state index >= 15 is 0 Å². The van der Waals surface area contributed by atoms with Gasteiger partial charge in [-0.05, 0) is 46.5 Å². The Bertz CT molecular complexity index is 191. The van der Waals surface area contributed by atoms with E-state index in [1.807, 2.05) is 0 Å². The largest absolute Gasteiger partial charge is 0.387 e. The second kappa shape index (κ2) is 8.16. The van der Waals surface area contributed by atoms with Crippen molar-refractivity contribution in [3.63, 3.8) is 0 Å². The molecule has 0 amide bonds. The number of aliphatic hydroxyl groups excluding tert-OH is 1. The Morgan fingerprint density at radius 3 is 1.28 bits per heavy atom. The molecule has 0 rings (SSSR count). The van der Waals surface area contributed by atoms with E-state index in [1.165, 1.54) is 19.3 Å². The molecule has 0 aromatic rings. The molecule has 0 aromatic heterocycles. The van der Waals surface area contributed by atoms with Crippen LogP contribution in [0, 0.1) is 0 Å². The van der Waals surface area contributed by atoms with Crippen molar-refractivity contribution < 1.29 is 9.59 Å². The first-order valence-electron chi connectivity index (χ1n) is 7.95. The van der Waals surface area contributed by atoms with Gasteiger partial charge in [-0.25, -0.2) is 0 Å². The molecule has 0 saturated heterocycles. The summed E-state index contributed by atoms with van der Waals surface area (Å²) in [6.45, 7) is 16.9. The molecule has 2 nitrogen and oxygen atoms in total. The molecule has 0 aliphatic carbocycles. The van der Waals surface area contributed by atoms with Gasteiger partial charge in [0.25, 0.3) is 0 Å². The molecule has 0 aliphatic rings. The van der Waals surface area contributed by atoms with Gasteiger partial charge >= 0.3 is 0 Å². The topological polar surface area (TPSA) is 20.2 Å². The van der Waals surface area contributed by atoms with Crippen molar-refractivity contribution in [2.24, 2.45) is 0 Å². The first kappa shape index (κ1) is 17.9. The van der Waals surface area contributed by atoms with E-state index in [2.05, 4.69) is 48.5 Å². The number of hydrogen-bond donors (Lipinski definition) is 1. The lowest BCUT2D eigenvalue weighted by atomic mass is 9.96. The minimum absolute atomic E-state index is 0.165. The summed E-state index contributed by atoms with van der Waals surface area (Å²) in [6.07, 6.45) is 4.26. The number of nitrogens with zero attached hydrogens (tertiary/aromatic N) is 1. The highest BCUT2D eigenvalue weighted by Crippen LogP contribution is 2.30. The van der Waals surface area contributed by atoms with Crippen molar-refractivity contribution >= 4 is 0 Å². The minimum atomic E-state index is -0.165. The fourth-order valence-electron chi connectivity index (χ4n) is 3.36. The average molecular weight is 258 g/mol. The Balaban J connectivity index is 5.39. The van der Waals surface area contributed by atoms with E-state index in [4.69, 9.17) is 0 Å². The molecule has 0 spiro atoms. The Labute approximate surface area is 115 Å². The quantitative estimate of drug-likeness (QED) is 0.620. The summed E-state index contributed by atoms with van der Waals surface area (Å²) in [6, 6.07) is 1.86. The summed E-state index contributed by atoms with van der Waals surface area (Å²) < 4.78 is 1.08. The summed E-state index contributed by atoms with van der Waals surface area (Å²) in [7, 11) is 0. The van der Waals surface area contributed by atoms with Gasteiger partial charge in [-0.15, -0.1) is 0 Å². The third-order valence-electron chi connectivity index (χ3n) is 5.23. The fraction of sp³-hybridized carbons (Fsp3) is 1.00. The molecule has 0 saturated carbocycles. The standard InChI is InChI=1S/C16H36NO/c1-8-13(5)17(14(6)9-2,15(7)10-3)12-16(18)11-4/h13-16,18H,8-12H2,1-7H3/q+1. The van der Waals surface area contributed by atoms with Crippen molar-refractivity contribution in [1.29, 1.82) is 0 Å². The normalized spacial score (nSPS) is 22.0. The summed E-state index contributed by atoms with van der Waals surface area (Å²) in [5.74, 6) is 0. The van der Waals surface area contributed by atoms with Crippen molar-refractivity contribution in [1.82, 2.24) is 0 Å². The molecule has 1 N–H and O–H groups in total. The molecular formula is C16H36NO+.